The van der Waals surface area contributed by atoms with Gasteiger partial charge in [0.2, 0.25) is 5.13 Å². The first-order chi connectivity index (χ1) is 7.79. The number of rotatable bonds is 4. The molecule has 6 heteroatoms. The summed E-state index contributed by atoms with van der Waals surface area (Å²) >= 11 is 3.06. The standard InChI is InChI=1S/C10H12N4S2/c1-14(10-11-12-13-16-10)7-8-3-5-9(15-2)6-4-8/h3-6H,7H2,1-2H3. The highest BCUT2D eigenvalue weighted by Crippen LogP contribution is 2.18. The number of aromatic nitrogens is 3. The molecule has 0 fully saturated rings. The Morgan fingerprint density at radius 2 is 2.06 bits per heavy atom. The molecule has 0 N–H and O–H groups in total. The van der Waals surface area contributed by atoms with E-state index in [-0.39, 0.29) is 0 Å². The van der Waals surface area contributed by atoms with Crippen molar-refractivity contribution >= 4 is 28.4 Å². The van der Waals surface area contributed by atoms with Crippen LogP contribution in [0.2, 0.25) is 0 Å². The molecule has 1 aromatic carbocycles. The summed E-state index contributed by atoms with van der Waals surface area (Å²) < 4.78 is 3.75. The molecule has 0 atom stereocenters. The van der Waals surface area contributed by atoms with Gasteiger partial charge in [0.05, 0.1) is 0 Å². The lowest BCUT2D eigenvalue weighted by molar-refractivity contribution is 0.873. The topological polar surface area (TPSA) is 41.9 Å². The van der Waals surface area contributed by atoms with Gasteiger partial charge in [-0.2, -0.15) is 0 Å². The smallest absolute Gasteiger partial charge is 0.227 e. The van der Waals surface area contributed by atoms with Gasteiger partial charge < -0.3 is 4.90 Å². The molecular formula is C10H12N4S2. The maximum Gasteiger partial charge on any atom is 0.227 e. The number of thioether (sulfide) groups is 1. The largest absolute Gasteiger partial charge is 0.344 e. The Balaban J connectivity index is 2.03. The Morgan fingerprint density at radius 3 is 2.62 bits per heavy atom. The number of nitrogens with zero attached hydrogens (tertiary/aromatic N) is 4. The molecule has 0 spiro atoms. The highest BCUT2D eigenvalue weighted by Gasteiger charge is 2.05. The van der Waals surface area contributed by atoms with E-state index >= 15 is 0 Å². The van der Waals surface area contributed by atoms with Crippen LogP contribution in [0.25, 0.3) is 0 Å². The van der Waals surface area contributed by atoms with Crippen molar-refractivity contribution in [3.05, 3.63) is 29.8 Å². The van der Waals surface area contributed by atoms with E-state index in [0.29, 0.717) is 0 Å². The molecule has 0 saturated heterocycles. The zero-order valence-electron chi connectivity index (χ0n) is 9.12. The van der Waals surface area contributed by atoms with E-state index in [1.165, 1.54) is 22.0 Å². The number of hydrogen-bond donors (Lipinski definition) is 0. The van der Waals surface area contributed by atoms with Crippen LogP contribution in [0.5, 0.6) is 0 Å². The van der Waals surface area contributed by atoms with Crippen LogP contribution in [0, 0.1) is 0 Å². The average molecular weight is 252 g/mol. The monoisotopic (exact) mass is 252 g/mol. The van der Waals surface area contributed by atoms with E-state index in [0.717, 1.165) is 11.7 Å². The summed E-state index contributed by atoms with van der Waals surface area (Å²) in [5.41, 5.74) is 1.26. The lowest BCUT2D eigenvalue weighted by Gasteiger charge is -2.14. The minimum atomic E-state index is 0.825. The third kappa shape index (κ3) is 2.70. The fraction of sp³-hybridized carbons (Fsp3) is 0.300. The lowest BCUT2D eigenvalue weighted by atomic mass is 10.2. The molecule has 0 aliphatic rings. The van der Waals surface area contributed by atoms with Gasteiger partial charge in [-0.3, -0.25) is 0 Å². The maximum absolute atomic E-state index is 3.93. The Labute approximate surface area is 103 Å². The summed E-state index contributed by atoms with van der Waals surface area (Å²) in [6, 6.07) is 8.53. The molecule has 2 aromatic rings. The Morgan fingerprint density at radius 1 is 1.31 bits per heavy atom. The molecule has 0 saturated carbocycles. The molecule has 0 bridgehead atoms. The van der Waals surface area contributed by atoms with Crippen molar-refractivity contribution < 1.29 is 0 Å². The van der Waals surface area contributed by atoms with Crippen molar-refractivity contribution in [3.8, 4) is 0 Å². The minimum Gasteiger partial charge on any atom is -0.344 e. The third-order valence-electron chi connectivity index (χ3n) is 2.19. The summed E-state index contributed by atoms with van der Waals surface area (Å²) in [4.78, 5) is 3.32. The maximum atomic E-state index is 3.93. The predicted octanol–water partition coefficient (Wildman–Crippen LogP) is 2.29. The van der Waals surface area contributed by atoms with Gasteiger partial charge in [0.1, 0.15) is 0 Å². The van der Waals surface area contributed by atoms with Crippen molar-refractivity contribution in [2.24, 2.45) is 0 Å². The highest BCUT2D eigenvalue weighted by molar-refractivity contribution is 7.98. The molecule has 0 aliphatic heterocycles. The molecule has 16 heavy (non-hydrogen) atoms. The first-order valence-corrected chi connectivity index (χ1v) is 6.78. The van der Waals surface area contributed by atoms with E-state index in [4.69, 9.17) is 0 Å². The molecule has 1 aromatic heterocycles. The van der Waals surface area contributed by atoms with Crippen LogP contribution in [0.1, 0.15) is 5.56 Å². The summed E-state index contributed by atoms with van der Waals surface area (Å²) in [5.74, 6) is 0. The lowest BCUT2D eigenvalue weighted by Crippen LogP contribution is -2.15. The van der Waals surface area contributed by atoms with Crippen LogP contribution < -0.4 is 4.90 Å². The highest BCUT2D eigenvalue weighted by atomic mass is 32.2. The van der Waals surface area contributed by atoms with Gasteiger partial charge >= 0.3 is 0 Å². The van der Waals surface area contributed by atoms with Gasteiger partial charge in [0.25, 0.3) is 0 Å². The van der Waals surface area contributed by atoms with Gasteiger partial charge in [0.15, 0.2) is 0 Å². The number of hydrogen-bond acceptors (Lipinski definition) is 6. The molecular weight excluding hydrogens is 240 g/mol. The predicted molar refractivity (Wildman–Crippen MR) is 68.0 cm³/mol. The van der Waals surface area contributed by atoms with E-state index in [1.807, 2.05) is 11.9 Å². The summed E-state index contributed by atoms with van der Waals surface area (Å²) in [6.07, 6.45) is 2.08. The Bertz CT molecular complexity index is 427. The second kappa shape index (κ2) is 5.27. The first-order valence-electron chi connectivity index (χ1n) is 4.78. The molecule has 2 rings (SSSR count). The van der Waals surface area contributed by atoms with Crippen LogP contribution in [0.4, 0.5) is 5.13 Å². The second-order valence-electron chi connectivity index (χ2n) is 3.35. The summed E-state index contributed by atoms with van der Waals surface area (Å²) in [6.45, 7) is 0.825. The van der Waals surface area contributed by atoms with E-state index in [1.54, 1.807) is 11.8 Å². The van der Waals surface area contributed by atoms with Crippen LogP contribution in [-0.2, 0) is 6.54 Å². The van der Waals surface area contributed by atoms with E-state index in [2.05, 4.69) is 45.3 Å². The molecule has 1 heterocycles. The Kier molecular flexibility index (Phi) is 3.74. The fourth-order valence-electron chi connectivity index (χ4n) is 1.35. The molecule has 0 radical (unpaired) electrons. The van der Waals surface area contributed by atoms with Gasteiger partial charge in [-0.1, -0.05) is 21.7 Å². The van der Waals surface area contributed by atoms with E-state index in [9.17, 15) is 0 Å². The fourth-order valence-corrected chi connectivity index (χ4v) is 2.18. The van der Waals surface area contributed by atoms with Crippen LogP contribution in [0.15, 0.2) is 29.2 Å². The SMILES string of the molecule is CSc1ccc(CN(C)c2nnns2)cc1. The summed E-state index contributed by atoms with van der Waals surface area (Å²) in [7, 11) is 1.99. The van der Waals surface area contributed by atoms with Crippen LogP contribution in [0.3, 0.4) is 0 Å². The van der Waals surface area contributed by atoms with Crippen LogP contribution >= 0.6 is 23.3 Å². The van der Waals surface area contributed by atoms with Crippen molar-refractivity contribution in [3.63, 3.8) is 0 Å². The molecule has 0 unspecified atom stereocenters. The molecule has 4 nitrogen and oxygen atoms in total. The summed E-state index contributed by atoms with van der Waals surface area (Å²) in [5, 5.41) is 8.35. The van der Waals surface area contributed by atoms with Crippen molar-refractivity contribution in [1.82, 2.24) is 14.8 Å². The number of benzene rings is 1. The normalized spacial score (nSPS) is 10.4. The van der Waals surface area contributed by atoms with Gasteiger partial charge in [-0.05, 0) is 29.2 Å². The van der Waals surface area contributed by atoms with Gasteiger partial charge in [-0.25, -0.2) is 0 Å². The zero-order chi connectivity index (χ0) is 11.4. The quantitative estimate of drug-likeness (QED) is 0.781. The average Bonchev–Trinajstić information content (AvgIpc) is 2.83. The van der Waals surface area contributed by atoms with Gasteiger partial charge in [-0.15, -0.1) is 11.8 Å². The van der Waals surface area contributed by atoms with Gasteiger partial charge in [0, 0.05) is 30.0 Å². The molecule has 0 amide bonds. The van der Waals surface area contributed by atoms with E-state index < -0.39 is 0 Å². The first kappa shape index (κ1) is 11.3. The number of anilines is 1. The Hall–Kier alpha value is -1.14. The third-order valence-corrected chi connectivity index (χ3v) is 3.65. The second-order valence-corrected chi connectivity index (χ2v) is 4.94. The molecule has 0 aliphatic carbocycles. The van der Waals surface area contributed by atoms with Crippen molar-refractivity contribution in [1.29, 1.82) is 0 Å². The minimum absolute atomic E-state index is 0.825. The van der Waals surface area contributed by atoms with Crippen molar-refractivity contribution in [2.75, 3.05) is 18.2 Å². The van der Waals surface area contributed by atoms with Crippen LogP contribution in [-0.4, -0.2) is 28.1 Å². The van der Waals surface area contributed by atoms with Crippen molar-refractivity contribution in [2.45, 2.75) is 11.4 Å². The molecule has 84 valence electrons. The zero-order valence-corrected chi connectivity index (χ0v) is 10.8.